The van der Waals surface area contributed by atoms with Crippen LogP contribution in [0.3, 0.4) is 0 Å². The summed E-state index contributed by atoms with van der Waals surface area (Å²) in [6.07, 6.45) is 0. The first-order valence-electron chi connectivity index (χ1n) is 4.74. The van der Waals surface area contributed by atoms with Gasteiger partial charge in [0.25, 0.3) is 0 Å². The number of nitrogens with one attached hydrogen (secondary N) is 1. The second kappa shape index (κ2) is 3.08. The van der Waals surface area contributed by atoms with Crippen molar-refractivity contribution in [2.24, 2.45) is 0 Å². The molecule has 0 spiro atoms. The molecule has 0 aliphatic rings. The minimum Gasteiger partial charge on any atom is -0.252 e. The van der Waals surface area contributed by atoms with Crippen molar-refractivity contribution < 1.29 is 4.39 Å². The van der Waals surface area contributed by atoms with Crippen LogP contribution in [0, 0.1) is 12.9 Å². The van der Waals surface area contributed by atoms with Crippen LogP contribution in [-0.4, -0.2) is 10.2 Å². The third-order valence-corrected chi connectivity index (χ3v) is 2.51. The topological polar surface area (TPSA) is 28.7 Å². The molecule has 0 atom stereocenters. The van der Waals surface area contributed by atoms with E-state index in [4.69, 9.17) is 0 Å². The van der Waals surface area contributed by atoms with Crippen LogP contribution in [0.4, 0.5) is 4.39 Å². The lowest BCUT2D eigenvalue weighted by Crippen LogP contribution is -1.93. The van der Waals surface area contributed by atoms with E-state index >= 15 is 0 Å². The number of aromatic amines is 1. The Morgan fingerprint density at radius 2 is 2.07 bits per heavy atom. The molecule has 2 aromatic rings. The van der Waals surface area contributed by atoms with E-state index in [-0.39, 0.29) is 5.95 Å². The van der Waals surface area contributed by atoms with Crippen molar-refractivity contribution in [3.8, 4) is 0 Å². The van der Waals surface area contributed by atoms with Gasteiger partial charge in [-0.05, 0) is 30.0 Å². The summed E-state index contributed by atoms with van der Waals surface area (Å²) < 4.78 is 13.4. The van der Waals surface area contributed by atoms with Crippen molar-refractivity contribution in [1.82, 2.24) is 10.2 Å². The van der Waals surface area contributed by atoms with Crippen LogP contribution in [0.2, 0.25) is 0 Å². The largest absolute Gasteiger partial charge is 0.252 e. The van der Waals surface area contributed by atoms with Crippen molar-refractivity contribution in [3.63, 3.8) is 0 Å². The van der Waals surface area contributed by atoms with Gasteiger partial charge in [0.15, 0.2) is 0 Å². The lowest BCUT2D eigenvalue weighted by Gasteiger charge is -2.10. The molecule has 0 aliphatic carbocycles. The molecule has 0 aliphatic heterocycles. The molecular weight excluding hydrogens is 179 g/mol. The Kier molecular flexibility index (Phi) is 2.02. The SMILES string of the molecule is Cc1ccc2n[nH]c(F)c2c1C(C)C. The standard InChI is InChI=1S/C11H13FN2/c1-6(2)9-7(3)4-5-8-10(9)11(12)14-13-8/h4-6H,1-3H3,(H,13,14). The normalized spacial score (nSPS) is 11.5. The highest BCUT2D eigenvalue weighted by Crippen LogP contribution is 2.29. The molecule has 14 heavy (non-hydrogen) atoms. The highest BCUT2D eigenvalue weighted by Gasteiger charge is 2.14. The average Bonchev–Trinajstić information content (AvgIpc) is 2.47. The molecule has 0 radical (unpaired) electrons. The summed E-state index contributed by atoms with van der Waals surface area (Å²) in [6, 6.07) is 3.83. The third-order valence-electron chi connectivity index (χ3n) is 2.51. The van der Waals surface area contributed by atoms with Gasteiger partial charge in [-0.25, -0.2) is 0 Å². The number of aromatic nitrogens is 2. The first-order chi connectivity index (χ1) is 6.61. The van der Waals surface area contributed by atoms with Crippen LogP contribution in [0.15, 0.2) is 12.1 Å². The van der Waals surface area contributed by atoms with Crippen LogP contribution < -0.4 is 0 Å². The van der Waals surface area contributed by atoms with Gasteiger partial charge in [0, 0.05) is 0 Å². The fraction of sp³-hybridized carbons (Fsp3) is 0.364. The first-order valence-corrected chi connectivity index (χ1v) is 4.74. The van der Waals surface area contributed by atoms with E-state index in [0.717, 1.165) is 11.1 Å². The monoisotopic (exact) mass is 192 g/mol. The van der Waals surface area contributed by atoms with Crippen molar-refractivity contribution in [3.05, 3.63) is 29.2 Å². The molecule has 1 aromatic carbocycles. The Morgan fingerprint density at radius 3 is 2.71 bits per heavy atom. The molecule has 0 saturated carbocycles. The second-order valence-corrected chi connectivity index (χ2v) is 3.88. The molecule has 2 nitrogen and oxygen atoms in total. The van der Waals surface area contributed by atoms with Gasteiger partial charge in [0.1, 0.15) is 0 Å². The number of nitrogens with zero attached hydrogens (tertiary/aromatic N) is 1. The molecule has 0 unspecified atom stereocenters. The maximum Gasteiger partial charge on any atom is 0.217 e. The van der Waals surface area contributed by atoms with Gasteiger partial charge in [-0.3, -0.25) is 5.10 Å². The molecule has 0 fully saturated rings. The highest BCUT2D eigenvalue weighted by atomic mass is 19.1. The summed E-state index contributed by atoms with van der Waals surface area (Å²) in [4.78, 5) is 0. The second-order valence-electron chi connectivity index (χ2n) is 3.88. The van der Waals surface area contributed by atoms with Crippen LogP contribution in [0.25, 0.3) is 10.9 Å². The van der Waals surface area contributed by atoms with Crippen LogP contribution in [-0.2, 0) is 0 Å². The maximum absolute atomic E-state index is 13.4. The van der Waals surface area contributed by atoms with Crippen molar-refractivity contribution >= 4 is 10.9 Å². The molecule has 0 saturated heterocycles. The molecule has 74 valence electrons. The van der Waals surface area contributed by atoms with Crippen LogP contribution >= 0.6 is 0 Å². The van der Waals surface area contributed by atoms with Gasteiger partial charge >= 0.3 is 0 Å². The zero-order valence-electron chi connectivity index (χ0n) is 8.56. The lowest BCUT2D eigenvalue weighted by atomic mass is 9.94. The van der Waals surface area contributed by atoms with Crippen molar-refractivity contribution in [2.45, 2.75) is 26.7 Å². The summed E-state index contributed by atoms with van der Waals surface area (Å²) in [5.41, 5.74) is 2.87. The summed E-state index contributed by atoms with van der Waals surface area (Å²) >= 11 is 0. The van der Waals surface area contributed by atoms with E-state index in [2.05, 4.69) is 24.0 Å². The molecular formula is C11H13FN2. The van der Waals surface area contributed by atoms with Gasteiger partial charge in [0.05, 0.1) is 10.9 Å². The number of halogens is 1. The number of rotatable bonds is 1. The molecule has 0 bridgehead atoms. The van der Waals surface area contributed by atoms with Gasteiger partial charge in [0.2, 0.25) is 5.95 Å². The number of fused-ring (bicyclic) bond motifs is 1. The summed E-state index contributed by atoms with van der Waals surface area (Å²) in [5.74, 6) is -0.0156. The third kappa shape index (κ3) is 1.20. The predicted molar refractivity (Wildman–Crippen MR) is 54.9 cm³/mol. The molecule has 0 amide bonds. The molecule has 1 N–H and O–H groups in total. The summed E-state index contributed by atoms with van der Waals surface area (Å²) in [6.45, 7) is 6.13. The Labute approximate surface area is 82.1 Å². The number of benzene rings is 1. The predicted octanol–water partition coefficient (Wildman–Crippen LogP) is 3.13. The molecule has 3 heteroatoms. The van der Waals surface area contributed by atoms with E-state index in [1.54, 1.807) is 0 Å². The average molecular weight is 192 g/mol. The maximum atomic E-state index is 13.4. The Bertz CT molecular complexity index is 471. The number of H-pyrrole nitrogens is 1. The molecule has 1 heterocycles. The highest BCUT2D eigenvalue weighted by molar-refractivity contribution is 5.84. The first kappa shape index (κ1) is 9.19. The van der Waals surface area contributed by atoms with Crippen LogP contribution in [0.5, 0.6) is 0 Å². The minimum absolute atomic E-state index is 0.311. The fourth-order valence-corrected chi connectivity index (χ4v) is 1.95. The van der Waals surface area contributed by atoms with Crippen molar-refractivity contribution in [2.75, 3.05) is 0 Å². The van der Waals surface area contributed by atoms with Crippen LogP contribution in [0.1, 0.15) is 30.9 Å². The van der Waals surface area contributed by atoms with E-state index in [0.29, 0.717) is 16.8 Å². The lowest BCUT2D eigenvalue weighted by molar-refractivity contribution is 0.586. The van der Waals surface area contributed by atoms with Crippen molar-refractivity contribution in [1.29, 1.82) is 0 Å². The molecule has 1 aromatic heterocycles. The molecule has 2 rings (SSSR count). The number of aryl methyl sites for hydroxylation is 1. The zero-order chi connectivity index (χ0) is 10.3. The van der Waals surface area contributed by atoms with E-state index < -0.39 is 0 Å². The fourth-order valence-electron chi connectivity index (χ4n) is 1.95. The Hall–Kier alpha value is -1.38. The van der Waals surface area contributed by atoms with Gasteiger partial charge in [-0.2, -0.15) is 9.49 Å². The Morgan fingerprint density at radius 1 is 1.36 bits per heavy atom. The van der Waals surface area contributed by atoms with E-state index in [1.165, 1.54) is 0 Å². The number of hydrogen-bond acceptors (Lipinski definition) is 1. The minimum atomic E-state index is -0.326. The summed E-state index contributed by atoms with van der Waals surface area (Å²) in [5, 5.41) is 6.92. The van der Waals surface area contributed by atoms with Gasteiger partial charge in [-0.15, -0.1) is 0 Å². The van der Waals surface area contributed by atoms with E-state index in [9.17, 15) is 4.39 Å². The van der Waals surface area contributed by atoms with Gasteiger partial charge in [-0.1, -0.05) is 19.9 Å². The smallest absolute Gasteiger partial charge is 0.217 e. The number of hydrogen-bond donors (Lipinski definition) is 1. The van der Waals surface area contributed by atoms with Gasteiger partial charge < -0.3 is 0 Å². The summed E-state index contributed by atoms with van der Waals surface area (Å²) in [7, 11) is 0. The Balaban J connectivity index is 2.87. The zero-order valence-corrected chi connectivity index (χ0v) is 8.56. The van der Waals surface area contributed by atoms with E-state index in [1.807, 2.05) is 19.1 Å². The quantitative estimate of drug-likeness (QED) is 0.738.